The van der Waals surface area contributed by atoms with Gasteiger partial charge >= 0.3 is 6.61 Å². The van der Waals surface area contributed by atoms with Crippen LogP contribution in [0.5, 0.6) is 11.5 Å². The minimum atomic E-state index is -2.88. The molecule has 0 unspecified atom stereocenters. The summed E-state index contributed by atoms with van der Waals surface area (Å²) in [4.78, 5) is 5.96. The minimum absolute atomic E-state index is 0.00974. The van der Waals surface area contributed by atoms with Crippen LogP contribution < -0.4 is 14.8 Å². The van der Waals surface area contributed by atoms with Crippen molar-refractivity contribution in [1.82, 2.24) is 4.90 Å². The van der Waals surface area contributed by atoms with E-state index in [4.69, 9.17) is 4.74 Å². The number of methoxy groups -OCH3 is 1. The molecule has 1 N–H and O–H groups in total. The Labute approximate surface area is 115 Å². The van der Waals surface area contributed by atoms with Crippen molar-refractivity contribution in [3.63, 3.8) is 0 Å². The fraction of sp³-hybridized carbons (Fsp3) is 0.308. The molecule has 0 fully saturated rings. The first-order valence-corrected chi connectivity index (χ1v) is 5.98. The standard InChI is InChI=1S/C13H15F2N3O2/c1-19-12-7-10(3-4-11(12)20-13(14)15)17-9-18-6-2-5-16-8-18/h2-5,7-8,13,17H,6,9H2,1H3. The number of anilines is 1. The van der Waals surface area contributed by atoms with E-state index in [1.165, 1.54) is 13.2 Å². The number of alkyl halides is 2. The van der Waals surface area contributed by atoms with E-state index >= 15 is 0 Å². The maximum Gasteiger partial charge on any atom is 0.387 e. The summed E-state index contributed by atoms with van der Waals surface area (Å²) in [5.74, 6) is 0.262. The predicted molar refractivity (Wildman–Crippen MR) is 72.5 cm³/mol. The Kier molecular flexibility index (Phi) is 4.75. The van der Waals surface area contributed by atoms with Crippen molar-refractivity contribution in [2.24, 2.45) is 4.99 Å². The van der Waals surface area contributed by atoms with Gasteiger partial charge in [-0.15, -0.1) is 0 Å². The van der Waals surface area contributed by atoms with E-state index in [2.05, 4.69) is 15.0 Å². The lowest BCUT2D eigenvalue weighted by Gasteiger charge is -2.21. The van der Waals surface area contributed by atoms with E-state index in [0.717, 1.165) is 12.2 Å². The third-order valence-corrected chi connectivity index (χ3v) is 2.63. The summed E-state index contributed by atoms with van der Waals surface area (Å²) >= 11 is 0. The molecule has 5 nitrogen and oxygen atoms in total. The van der Waals surface area contributed by atoms with Crippen molar-refractivity contribution in [3.8, 4) is 11.5 Å². The first-order valence-electron chi connectivity index (χ1n) is 5.98. The third-order valence-electron chi connectivity index (χ3n) is 2.63. The molecule has 0 saturated carbocycles. The van der Waals surface area contributed by atoms with E-state index in [1.807, 2.05) is 11.0 Å². The van der Waals surface area contributed by atoms with Gasteiger partial charge in [0.25, 0.3) is 0 Å². The van der Waals surface area contributed by atoms with Gasteiger partial charge in [0.15, 0.2) is 11.5 Å². The van der Waals surface area contributed by atoms with Crippen molar-refractivity contribution >= 4 is 12.0 Å². The Balaban J connectivity index is 1.98. The first kappa shape index (κ1) is 14.1. The highest BCUT2D eigenvalue weighted by Crippen LogP contribution is 2.31. The summed E-state index contributed by atoms with van der Waals surface area (Å²) in [5.41, 5.74) is 0.742. The van der Waals surface area contributed by atoms with Gasteiger partial charge in [-0.25, -0.2) is 4.99 Å². The van der Waals surface area contributed by atoms with Crippen molar-refractivity contribution in [2.75, 3.05) is 25.6 Å². The van der Waals surface area contributed by atoms with Crippen LogP contribution in [-0.2, 0) is 0 Å². The maximum atomic E-state index is 12.2. The Bertz CT molecular complexity index is 506. The average molecular weight is 283 g/mol. The smallest absolute Gasteiger partial charge is 0.387 e. The number of benzene rings is 1. The van der Waals surface area contributed by atoms with Gasteiger partial charge in [0, 0.05) is 24.5 Å². The number of aliphatic imine (C=N–C) groups is 1. The number of hydrogen-bond acceptors (Lipinski definition) is 5. The lowest BCUT2D eigenvalue weighted by atomic mass is 10.3. The third kappa shape index (κ3) is 3.84. The number of halogens is 2. The molecule has 2 rings (SSSR count). The summed E-state index contributed by atoms with van der Waals surface area (Å²) in [7, 11) is 1.40. The molecule has 20 heavy (non-hydrogen) atoms. The largest absolute Gasteiger partial charge is 0.493 e. The first-order chi connectivity index (χ1) is 9.69. The second kappa shape index (κ2) is 6.74. The van der Waals surface area contributed by atoms with E-state index in [0.29, 0.717) is 6.67 Å². The number of ether oxygens (including phenoxy) is 2. The summed E-state index contributed by atoms with van der Waals surface area (Å²) in [6, 6.07) is 4.70. The average Bonchev–Trinajstić information content (AvgIpc) is 2.46. The highest BCUT2D eigenvalue weighted by Gasteiger charge is 2.11. The van der Waals surface area contributed by atoms with Gasteiger partial charge in [-0.05, 0) is 18.2 Å². The molecule has 1 aliphatic rings. The van der Waals surface area contributed by atoms with Crippen LogP contribution >= 0.6 is 0 Å². The second-order valence-electron chi connectivity index (χ2n) is 4.00. The molecular formula is C13H15F2N3O2. The highest BCUT2D eigenvalue weighted by molar-refractivity contribution is 5.59. The number of rotatable bonds is 6. The molecule has 0 saturated heterocycles. The molecule has 0 bridgehead atoms. The molecule has 0 amide bonds. The van der Waals surface area contributed by atoms with Crippen LogP contribution in [0.25, 0.3) is 0 Å². The van der Waals surface area contributed by atoms with Crippen LogP contribution in [0, 0.1) is 0 Å². The second-order valence-corrected chi connectivity index (χ2v) is 4.00. The zero-order chi connectivity index (χ0) is 14.4. The normalized spacial score (nSPS) is 13.7. The van der Waals surface area contributed by atoms with Crippen molar-refractivity contribution in [2.45, 2.75) is 6.61 Å². The molecule has 1 aromatic rings. The number of hydrogen-bond donors (Lipinski definition) is 1. The van der Waals surface area contributed by atoms with Crippen LogP contribution in [0.2, 0.25) is 0 Å². The van der Waals surface area contributed by atoms with E-state index < -0.39 is 6.61 Å². The van der Waals surface area contributed by atoms with E-state index in [1.54, 1.807) is 24.7 Å². The quantitative estimate of drug-likeness (QED) is 0.871. The highest BCUT2D eigenvalue weighted by atomic mass is 19.3. The molecule has 1 aromatic carbocycles. The molecule has 1 aliphatic heterocycles. The van der Waals surface area contributed by atoms with Crippen LogP contribution in [0.3, 0.4) is 0 Å². The molecule has 0 aliphatic carbocycles. The maximum absolute atomic E-state index is 12.2. The summed E-state index contributed by atoms with van der Waals surface area (Å²) < 4.78 is 33.8. The summed E-state index contributed by atoms with van der Waals surface area (Å²) in [5, 5.41) is 3.15. The summed E-state index contributed by atoms with van der Waals surface area (Å²) in [6.45, 7) is -1.56. The van der Waals surface area contributed by atoms with Crippen LogP contribution in [0.4, 0.5) is 14.5 Å². The van der Waals surface area contributed by atoms with E-state index in [9.17, 15) is 8.78 Å². The predicted octanol–water partition coefficient (Wildman–Crippen LogP) is 2.52. The lowest BCUT2D eigenvalue weighted by Crippen LogP contribution is -2.29. The zero-order valence-electron chi connectivity index (χ0n) is 10.9. The van der Waals surface area contributed by atoms with Gasteiger partial charge in [0.1, 0.15) is 0 Å². The van der Waals surface area contributed by atoms with Crippen LogP contribution in [0.15, 0.2) is 35.5 Å². The van der Waals surface area contributed by atoms with Gasteiger partial charge in [-0.3, -0.25) is 0 Å². The van der Waals surface area contributed by atoms with Crippen LogP contribution in [0.1, 0.15) is 0 Å². The monoisotopic (exact) mass is 283 g/mol. The van der Waals surface area contributed by atoms with Crippen molar-refractivity contribution in [3.05, 3.63) is 30.5 Å². The molecule has 1 heterocycles. The SMILES string of the molecule is COc1cc(NCN2C=NC=CC2)ccc1OC(F)F. The van der Waals surface area contributed by atoms with Gasteiger partial charge in [0.2, 0.25) is 0 Å². The Hall–Kier alpha value is -2.31. The van der Waals surface area contributed by atoms with Gasteiger partial charge in [-0.2, -0.15) is 8.78 Å². The molecule has 7 heteroatoms. The number of nitrogens with one attached hydrogen (secondary N) is 1. The van der Waals surface area contributed by atoms with Crippen molar-refractivity contribution < 1.29 is 18.3 Å². The fourth-order valence-corrected chi connectivity index (χ4v) is 1.69. The molecule has 0 aromatic heterocycles. The molecular weight excluding hydrogens is 268 g/mol. The topological polar surface area (TPSA) is 46.1 Å². The van der Waals surface area contributed by atoms with Gasteiger partial charge in [-0.1, -0.05) is 0 Å². The molecule has 0 atom stereocenters. The zero-order valence-corrected chi connectivity index (χ0v) is 10.9. The van der Waals surface area contributed by atoms with Gasteiger partial charge < -0.3 is 19.7 Å². The Morgan fingerprint density at radius 1 is 1.40 bits per heavy atom. The Morgan fingerprint density at radius 3 is 2.90 bits per heavy atom. The van der Waals surface area contributed by atoms with Gasteiger partial charge in [0.05, 0.1) is 20.1 Å². The Morgan fingerprint density at radius 2 is 2.25 bits per heavy atom. The molecule has 108 valence electrons. The lowest BCUT2D eigenvalue weighted by molar-refractivity contribution is -0.0512. The summed E-state index contributed by atoms with van der Waals surface area (Å²) in [6.07, 6.45) is 5.39. The number of nitrogens with zero attached hydrogens (tertiary/aromatic N) is 2. The molecule has 0 radical (unpaired) electrons. The van der Waals surface area contributed by atoms with Crippen molar-refractivity contribution in [1.29, 1.82) is 0 Å². The van der Waals surface area contributed by atoms with E-state index in [-0.39, 0.29) is 11.5 Å². The molecule has 0 spiro atoms. The minimum Gasteiger partial charge on any atom is -0.493 e. The van der Waals surface area contributed by atoms with Crippen LogP contribution in [-0.4, -0.2) is 38.2 Å². The fourth-order valence-electron chi connectivity index (χ4n) is 1.69.